The molecule has 5 N–H and O–H groups in total. The molecule has 0 aromatic rings. The SMILES string of the molecule is N[C@@H]1[C@@H](O)[C@@H](O)C[C@H]1C(=O)O. The minimum atomic E-state index is -1.10. The van der Waals surface area contributed by atoms with Crippen molar-refractivity contribution in [3.63, 3.8) is 0 Å². The number of hydrogen-bond donors (Lipinski definition) is 4. The van der Waals surface area contributed by atoms with Gasteiger partial charge in [-0.25, -0.2) is 0 Å². The van der Waals surface area contributed by atoms with E-state index < -0.39 is 30.1 Å². The van der Waals surface area contributed by atoms with Crippen LogP contribution >= 0.6 is 0 Å². The number of rotatable bonds is 1. The largest absolute Gasteiger partial charge is 0.481 e. The van der Waals surface area contributed by atoms with Gasteiger partial charge in [0, 0.05) is 6.04 Å². The van der Waals surface area contributed by atoms with Crippen molar-refractivity contribution in [3.8, 4) is 0 Å². The second kappa shape index (κ2) is 2.77. The van der Waals surface area contributed by atoms with Gasteiger partial charge in [-0.1, -0.05) is 0 Å². The van der Waals surface area contributed by atoms with E-state index in [1.54, 1.807) is 0 Å². The van der Waals surface area contributed by atoms with E-state index in [1.165, 1.54) is 0 Å². The Labute approximate surface area is 63.4 Å². The number of hydrogen-bond acceptors (Lipinski definition) is 4. The van der Waals surface area contributed by atoms with Crippen molar-refractivity contribution in [2.75, 3.05) is 0 Å². The number of aliphatic carboxylic acids is 1. The second-order valence-corrected chi connectivity index (χ2v) is 2.82. The minimum Gasteiger partial charge on any atom is -0.481 e. The summed E-state index contributed by atoms with van der Waals surface area (Å²) in [6.45, 7) is 0. The molecule has 5 heteroatoms. The fraction of sp³-hybridized carbons (Fsp3) is 0.833. The summed E-state index contributed by atoms with van der Waals surface area (Å²) < 4.78 is 0. The van der Waals surface area contributed by atoms with Crippen LogP contribution in [0.4, 0.5) is 0 Å². The fourth-order valence-electron chi connectivity index (χ4n) is 1.32. The third-order valence-electron chi connectivity index (χ3n) is 2.07. The Bertz CT molecular complexity index is 172. The highest BCUT2D eigenvalue weighted by Gasteiger charge is 2.43. The first-order chi connectivity index (χ1) is 5.04. The molecule has 1 rings (SSSR count). The van der Waals surface area contributed by atoms with Crippen molar-refractivity contribution in [3.05, 3.63) is 0 Å². The van der Waals surface area contributed by atoms with Gasteiger partial charge < -0.3 is 21.1 Å². The Morgan fingerprint density at radius 1 is 1.45 bits per heavy atom. The van der Waals surface area contributed by atoms with Gasteiger partial charge in [-0.3, -0.25) is 4.79 Å². The molecule has 1 saturated carbocycles. The number of carboxylic acid groups (broad SMARTS) is 1. The number of carbonyl (C=O) groups is 1. The highest BCUT2D eigenvalue weighted by molar-refractivity contribution is 5.71. The van der Waals surface area contributed by atoms with Crippen LogP contribution in [0.1, 0.15) is 6.42 Å². The first-order valence-corrected chi connectivity index (χ1v) is 3.38. The molecule has 0 amide bonds. The zero-order valence-electron chi connectivity index (χ0n) is 5.84. The smallest absolute Gasteiger partial charge is 0.308 e. The van der Waals surface area contributed by atoms with E-state index in [9.17, 15) is 4.79 Å². The van der Waals surface area contributed by atoms with Gasteiger partial charge in [-0.2, -0.15) is 0 Å². The van der Waals surface area contributed by atoms with Crippen LogP contribution in [0, 0.1) is 5.92 Å². The highest BCUT2D eigenvalue weighted by atomic mass is 16.4. The normalized spacial score (nSPS) is 44.3. The molecule has 0 spiro atoms. The molecule has 0 radical (unpaired) electrons. The zero-order valence-corrected chi connectivity index (χ0v) is 5.84. The number of aliphatic hydroxyl groups excluding tert-OH is 2. The van der Waals surface area contributed by atoms with Gasteiger partial charge in [0.25, 0.3) is 0 Å². The van der Waals surface area contributed by atoms with Crippen LogP contribution in [-0.2, 0) is 4.79 Å². The Morgan fingerprint density at radius 2 is 2.00 bits per heavy atom. The van der Waals surface area contributed by atoms with Gasteiger partial charge in [0.1, 0.15) is 0 Å². The van der Waals surface area contributed by atoms with Crippen molar-refractivity contribution in [2.45, 2.75) is 24.7 Å². The van der Waals surface area contributed by atoms with Crippen LogP contribution in [0.2, 0.25) is 0 Å². The summed E-state index contributed by atoms with van der Waals surface area (Å²) in [4.78, 5) is 10.4. The van der Waals surface area contributed by atoms with Gasteiger partial charge >= 0.3 is 5.97 Å². The Kier molecular flexibility index (Phi) is 2.12. The molecule has 1 fully saturated rings. The molecular formula is C6H11NO4. The van der Waals surface area contributed by atoms with E-state index in [0.717, 1.165) is 0 Å². The van der Waals surface area contributed by atoms with Crippen molar-refractivity contribution in [1.82, 2.24) is 0 Å². The van der Waals surface area contributed by atoms with Crippen LogP contribution in [0.3, 0.4) is 0 Å². The van der Waals surface area contributed by atoms with E-state index in [2.05, 4.69) is 0 Å². The molecule has 0 aromatic carbocycles. The van der Waals surface area contributed by atoms with E-state index >= 15 is 0 Å². The van der Waals surface area contributed by atoms with Gasteiger partial charge in [0.15, 0.2) is 0 Å². The number of nitrogens with two attached hydrogens (primary N) is 1. The van der Waals surface area contributed by atoms with Crippen LogP contribution in [0.15, 0.2) is 0 Å². The maximum absolute atomic E-state index is 10.4. The third kappa shape index (κ3) is 1.35. The summed E-state index contributed by atoms with van der Waals surface area (Å²) in [5.41, 5.74) is 5.32. The van der Waals surface area contributed by atoms with Crippen LogP contribution in [0.25, 0.3) is 0 Å². The standard InChI is InChI=1S/C6H11NO4/c7-4-2(6(10)11)1-3(8)5(4)9/h2-5,8-9H,1,7H2,(H,10,11)/t2-,3+,4+,5+/m1/s1. The van der Waals surface area contributed by atoms with Crippen molar-refractivity contribution >= 4 is 5.97 Å². The molecule has 5 nitrogen and oxygen atoms in total. The summed E-state index contributed by atoms with van der Waals surface area (Å²) >= 11 is 0. The Morgan fingerprint density at radius 3 is 2.18 bits per heavy atom. The molecule has 0 bridgehead atoms. The summed E-state index contributed by atoms with van der Waals surface area (Å²) in [6.07, 6.45) is -2.06. The van der Waals surface area contributed by atoms with Gasteiger partial charge in [-0.15, -0.1) is 0 Å². The van der Waals surface area contributed by atoms with Crippen molar-refractivity contribution < 1.29 is 20.1 Å². The Hall–Kier alpha value is -0.650. The van der Waals surface area contributed by atoms with Crippen LogP contribution in [0.5, 0.6) is 0 Å². The summed E-state index contributed by atoms with van der Waals surface area (Å²) in [6, 6.07) is -0.845. The topological polar surface area (TPSA) is 104 Å². The lowest BCUT2D eigenvalue weighted by Crippen LogP contribution is -2.40. The van der Waals surface area contributed by atoms with E-state index in [-0.39, 0.29) is 6.42 Å². The van der Waals surface area contributed by atoms with Gasteiger partial charge in [0.05, 0.1) is 18.1 Å². The summed E-state index contributed by atoms with van der Waals surface area (Å²) in [7, 11) is 0. The second-order valence-electron chi connectivity index (χ2n) is 2.82. The predicted octanol–water partition coefficient (Wildman–Crippen LogP) is -1.86. The van der Waals surface area contributed by atoms with Crippen LogP contribution in [-0.4, -0.2) is 39.5 Å². The average Bonchev–Trinajstić information content (AvgIpc) is 2.17. The molecular weight excluding hydrogens is 150 g/mol. The van der Waals surface area contributed by atoms with Crippen molar-refractivity contribution in [1.29, 1.82) is 0 Å². The van der Waals surface area contributed by atoms with Crippen LogP contribution < -0.4 is 5.73 Å². The summed E-state index contributed by atoms with van der Waals surface area (Å²) in [5, 5.41) is 26.6. The quantitative estimate of drug-likeness (QED) is 0.361. The van der Waals surface area contributed by atoms with Crippen molar-refractivity contribution in [2.24, 2.45) is 11.7 Å². The molecule has 0 aliphatic heterocycles. The van der Waals surface area contributed by atoms with E-state index in [1.807, 2.05) is 0 Å². The molecule has 1 aliphatic rings. The first kappa shape index (κ1) is 8.45. The zero-order chi connectivity index (χ0) is 8.59. The monoisotopic (exact) mass is 161 g/mol. The minimum absolute atomic E-state index is 0.0394. The maximum Gasteiger partial charge on any atom is 0.308 e. The molecule has 11 heavy (non-hydrogen) atoms. The maximum atomic E-state index is 10.4. The Balaban J connectivity index is 2.67. The average molecular weight is 161 g/mol. The lowest BCUT2D eigenvalue weighted by Gasteiger charge is -2.12. The number of aliphatic hydroxyl groups is 2. The lowest BCUT2D eigenvalue weighted by atomic mass is 10.0. The molecule has 1 aliphatic carbocycles. The van der Waals surface area contributed by atoms with E-state index in [4.69, 9.17) is 21.1 Å². The molecule has 0 aromatic heterocycles. The number of carboxylic acids is 1. The lowest BCUT2D eigenvalue weighted by molar-refractivity contribution is -0.142. The highest BCUT2D eigenvalue weighted by Crippen LogP contribution is 2.25. The molecule has 64 valence electrons. The fourth-order valence-corrected chi connectivity index (χ4v) is 1.32. The predicted molar refractivity (Wildman–Crippen MR) is 35.7 cm³/mol. The van der Waals surface area contributed by atoms with Gasteiger partial charge in [0.2, 0.25) is 0 Å². The molecule has 0 unspecified atom stereocenters. The van der Waals surface area contributed by atoms with Gasteiger partial charge in [-0.05, 0) is 6.42 Å². The first-order valence-electron chi connectivity index (χ1n) is 3.38. The summed E-state index contributed by atoms with van der Waals surface area (Å²) in [5.74, 6) is -1.88. The third-order valence-corrected chi connectivity index (χ3v) is 2.07. The molecule has 0 heterocycles. The molecule has 0 saturated heterocycles. The molecule has 4 atom stereocenters. The van der Waals surface area contributed by atoms with E-state index in [0.29, 0.717) is 0 Å².